The number of rotatable bonds is 3. The highest BCUT2D eigenvalue weighted by Crippen LogP contribution is 2.37. The van der Waals surface area contributed by atoms with Gasteiger partial charge >= 0.3 is 0 Å². The largest absolute Gasteiger partial charge is 0.379 e. The molecular weight excluding hydrogens is 381 g/mol. The Kier molecular flexibility index (Phi) is 6.13. The SMILES string of the molecule is Cc1csc(C(=O)Nc2ccc(F)c([C@]3(C)CCSC(N)=N3)c2)c1.Cl. The highest BCUT2D eigenvalue weighted by Gasteiger charge is 2.32. The van der Waals surface area contributed by atoms with E-state index in [9.17, 15) is 9.18 Å². The van der Waals surface area contributed by atoms with E-state index in [0.29, 0.717) is 27.7 Å². The molecule has 0 aliphatic carbocycles. The standard InChI is InChI=1S/C17H18FN3OS2.ClH/c1-10-7-14(24-9-10)15(22)20-11-3-4-13(18)12(8-11)17(2)5-6-23-16(19)21-17;/h3-4,7-9H,5-6H2,1-2H3,(H2,19,21)(H,20,22);1H/t17-;/m0./s1. The van der Waals surface area contributed by atoms with E-state index in [-0.39, 0.29) is 24.1 Å². The first-order chi connectivity index (χ1) is 11.4. The van der Waals surface area contributed by atoms with Gasteiger partial charge in [-0.1, -0.05) is 11.8 Å². The third-order valence-electron chi connectivity index (χ3n) is 3.95. The first kappa shape index (κ1) is 19.8. The van der Waals surface area contributed by atoms with Crippen LogP contribution < -0.4 is 11.1 Å². The quantitative estimate of drug-likeness (QED) is 0.796. The van der Waals surface area contributed by atoms with Crippen LogP contribution in [0, 0.1) is 12.7 Å². The zero-order valence-corrected chi connectivity index (χ0v) is 16.3. The third kappa shape index (κ3) is 4.34. The molecule has 2 heterocycles. The van der Waals surface area contributed by atoms with Crippen LogP contribution in [0.3, 0.4) is 0 Å². The molecule has 4 nitrogen and oxygen atoms in total. The fraction of sp³-hybridized carbons (Fsp3) is 0.294. The van der Waals surface area contributed by atoms with E-state index in [1.54, 1.807) is 12.1 Å². The summed E-state index contributed by atoms with van der Waals surface area (Å²) in [5.74, 6) is 0.250. The van der Waals surface area contributed by atoms with Crippen molar-refractivity contribution in [2.24, 2.45) is 10.7 Å². The fourth-order valence-electron chi connectivity index (χ4n) is 2.64. The molecule has 8 heteroatoms. The van der Waals surface area contributed by atoms with Gasteiger partial charge in [-0.15, -0.1) is 23.7 Å². The Labute approximate surface area is 160 Å². The van der Waals surface area contributed by atoms with Crippen LogP contribution in [-0.4, -0.2) is 16.8 Å². The number of aryl methyl sites for hydroxylation is 1. The van der Waals surface area contributed by atoms with Gasteiger partial charge in [-0.3, -0.25) is 9.79 Å². The van der Waals surface area contributed by atoms with Crippen molar-refractivity contribution >= 4 is 52.3 Å². The van der Waals surface area contributed by atoms with Gasteiger partial charge in [0.25, 0.3) is 5.91 Å². The van der Waals surface area contributed by atoms with Crippen molar-refractivity contribution in [1.29, 1.82) is 0 Å². The topological polar surface area (TPSA) is 67.5 Å². The average molecular weight is 400 g/mol. The predicted octanol–water partition coefficient (Wildman–Crippen LogP) is 4.54. The molecule has 0 bridgehead atoms. The number of carbonyl (C=O) groups is 1. The summed E-state index contributed by atoms with van der Waals surface area (Å²) in [6.07, 6.45) is 0.691. The van der Waals surface area contributed by atoms with E-state index in [1.165, 1.54) is 29.2 Å². The lowest BCUT2D eigenvalue weighted by Crippen LogP contribution is -2.29. The van der Waals surface area contributed by atoms with Crippen LogP contribution in [0.1, 0.15) is 34.1 Å². The summed E-state index contributed by atoms with van der Waals surface area (Å²) in [4.78, 5) is 17.3. The second kappa shape index (κ2) is 7.76. The van der Waals surface area contributed by atoms with Gasteiger partial charge in [-0.05, 0) is 55.5 Å². The van der Waals surface area contributed by atoms with Crippen molar-refractivity contribution in [1.82, 2.24) is 0 Å². The summed E-state index contributed by atoms with van der Waals surface area (Å²) in [6, 6.07) is 6.41. The van der Waals surface area contributed by atoms with Gasteiger partial charge in [0.05, 0.1) is 10.4 Å². The number of anilines is 1. The molecular formula is C17H19ClFN3OS2. The second-order valence-corrected chi connectivity index (χ2v) is 7.99. The number of nitrogens with zero attached hydrogens (tertiary/aromatic N) is 1. The summed E-state index contributed by atoms with van der Waals surface area (Å²) < 4.78 is 14.4. The van der Waals surface area contributed by atoms with Crippen LogP contribution >= 0.6 is 35.5 Å². The summed E-state index contributed by atoms with van der Waals surface area (Å²) in [6.45, 7) is 3.81. The average Bonchev–Trinajstić information content (AvgIpc) is 2.95. The monoisotopic (exact) mass is 399 g/mol. The Bertz CT molecular complexity index is 824. The number of thiophene rings is 1. The molecule has 3 rings (SSSR count). The number of hydrogen-bond donors (Lipinski definition) is 2. The molecule has 0 radical (unpaired) electrons. The van der Waals surface area contributed by atoms with Gasteiger partial charge in [0, 0.05) is 17.0 Å². The van der Waals surface area contributed by atoms with Crippen molar-refractivity contribution in [3.8, 4) is 0 Å². The number of benzene rings is 1. The number of amidine groups is 1. The van der Waals surface area contributed by atoms with E-state index in [2.05, 4.69) is 10.3 Å². The zero-order chi connectivity index (χ0) is 17.3. The van der Waals surface area contributed by atoms with E-state index >= 15 is 0 Å². The number of amides is 1. The van der Waals surface area contributed by atoms with E-state index in [0.717, 1.165) is 11.3 Å². The van der Waals surface area contributed by atoms with Crippen LogP contribution in [0.2, 0.25) is 0 Å². The van der Waals surface area contributed by atoms with Crippen molar-refractivity contribution in [3.63, 3.8) is 0 Å². The summed E-state index contributed by atoms with van der Waals surface area (Å²) >= 11 is 2.86. The highest BCUT2D eigenvalue weighted by molar-refractivity contribution is 8.13. The molecule has 0 fully saturated rings. The number of carbonyl (C=O) groups excluding carboxylic acids is 1. The van der Waals surface area contributed by atoms with Crippen LogP contribution in [0.5, 0.6) is 0 Å². The number of halogens is 2. The molecule has 0 saturated carbocycles. The van der Waals surface area contributed by atoms with Crippen LogP contribution in [-0.2, 0) is 5.54 Å². The smallest absolute Gasteiger partial charge is 0.265 e. The minimum Gasteiger partial charge on any atom is -0.379 e. The lowest BCUT2D eigenvalue weighted by atomic mass is 9.89. The number of aliphatic imine (C=N–C) groups is 1. The maximum Gasteiger partial charge on any atom is 0.265 e. The minimum absolute atomic E-state index is 0. The lowest BCUT2D eigenvalue weighted by Gasteiger charge is -2.30. The number of thioether (sulfide) groups is 1. The van der Waals surface area contributed by atoms with Crippen LogP contribution in [0.15, 0.2) is 34.6 Å². The molecule has 1 atom stereocenters. The summed E-state index contributed by atoms with van der Waals surface area (Å²) in [5, 5.41) is 5.21. The van der Waals surface area contributed by atoms with Gasteiger partial charge in [-0.25, -0.2) is 4.39 Å². The molecule has 0 spiro atoms. The first-order valence-corrected chi connectivity index (χ1v) is 9.38. The maximum absolute atomic E-state index is 14.4. The van der Waals surface area contributed by atoms with Gasteiger partial charge < -0.3 is 11.1 Å². The van der Waals surface area contributed by atoms with Gasteiger partial charge in [-0.2, -0.15) is 0 Å². The highest BCUT2D eigenvalue weighted by atomic mass is 35.5. The molecule has 0 unspecified atom stereocenters. The second-order valence-electron chi connectivity index (χ2n) is 5.96. The van der Waals surface area contributed by atoms with E-state index in [4.69, 9.17) is 5.73 Å². The Balaban J connectivity index is 0.00000225. The Morgan fingerprint density at radius 3 is 2.80 bits per heavy atom. The Hall–Kier alpha value is -1.57. The van der Waals surface area contributed by atoms with E-state index in [1.807, 2.05) is 25.3 Å². The first-order valence-electron chi connectivity index (χ1n) is 7.52. The molecule has 1 amide bonds. The van der Waals surface area contributed by atoms with Gasteiger partial charge in [0.2, 0.25) is 0 Å². The van der Waals surface area contributed by atoms with Crippen molar-refractivity contribution in [3.05, 3.63) is 51.5 Å². The number of hydrogen-bond acceptors (Lipinski definition) is 5. The molecule has 1 aliphatic heterocycles. The Morgan fingerprint density at radius 1 is 1.40 bits per heavy atom. The number of nitrogens with two attached hydrogens (primary N) is 1. The third-order valence-corrected chi connectivity index (χ3v) is 5.80. The molecule has 1 aliphatic rings. The van der Waals surface area contributed by atoms with Crippen LogP contribution in [0.25, 0.3) is 0 Å². The molecule has 1 aromatic heterocycles. The van der Waals surface area contributed by atoms with Gasteiger partial charge in [0.15, 0.2) is 5.17 Å². The van der Waals surface area contributed by atoms with Gasteiger partial charge in [0.1, 0.15) is 5.82 Å². The normalized spacial score (nSPS) is 19.7. The van der Waals surface area contributed by atoms with Crippen molar-refractivity contribution in [2.45, 2.75) is 25.8 Å². The lowest BCUT2D eigenvalue weighted by molar-refractivity contribution is 0.103. The van der Waals surface area contributed by atoms with Crippen molar-refractivity contribution < 1.29 is 9.18 Å². The maximum atomic E-state index is 14.4. The fourth-order valence-corrected chi connectivity index (χ4v) is 4.41. The molecule has 2 aromatic rings. The number of nitrogens with one attached hydrogen (secondary N) is 1. The molecule has 134 valence electrons. The zero-order valence-electron chi connectivity index (χ0n) is 13.8. The van der Waals surface area contributed by atoms with E-state index < -0.39 is 5.54 Å². The van der Waals surface area contributed by atoms with Crippen molar-refractivity contribution in [2.75, 3.05) is 11.1 Å². The summed E-state index contributed by atoms with van der Waals surface area (Å²) in [5.41, 5.74) is 7.15. The molecule has 1 aromatic carbocycles. The molecule has 3 N–H and O–H groups in total. The molecule has 0 saturated heterocycles. The molecule has 25 heavy (non-hydrogen) atoms. The summed E-state index contributed by atoms with van der Waals surface area (Å²) in [7, 11) is 0. The Morgan fingerprint density at radius 2 is 2.16 bits per heavy atom. The predicted molar refractivity (Wildman–Crippen MR) is 107 cm³/mol. The minimum atomic E-state index is -0.709. The van der Waals surface area contributed by atoms with Crippen LogP contribution in [0.4, 0.5) is 10.1 Å².